The molecule has 1 radical (unpaired) electrons. The van der Waals surface area contributed by atoms with Crippen LogP contribution in [0, 0.1) is 0 Å². The minimum atomic E-state index is -1.71. The van der Waals surface area contributed by atoms with Gasteiger partial charge in [0.15, 0.2) is 23.3 Å². The fourth-order valence-corrected chi connectivity index (χ4v) is 3.74. The molecule has 19 heteroatoms. The first kappa shape index (κ1) is 38.6. The van der Waals surface area contributed by atoms with Crippen molar-refractivity contribution in [1.82, 2.24) is 39.9 Å². The van der Waals surface area contributed by atoms with E-state index in [1.807, 2.05) is 0 Å². The second-order valence-corrected chi connectivity index (χ2v) is 8.46. The predicted molar refractivity (Wildman–Crippen MR) is 157 cm³/mol. The van der Waals surface area contributed by atoms with Crippen LogP contribution in [0.5, 0.6) is 0 Å². The van der Waals surface area contributed by atoms with Gasteiger partial charge in [-0.15, -0.1) is 0 Å². The number of H-pyrrole nitrogens is 4. The molecule has 0 amide bonds. The third-order valence-corrected chi connectivity index (χ3v) is 5.71. The summed E-state index contributed by atoms with van der Waals surface area (Å²) in [6.45, 7) is 0. The van der Waals surface area contributed by atoms with Gasteiger partial charge in [-0.05, 0) is 35.4 Å². The monoisotopic (exact) mass is 693 g/mol. The summed E-state index contributed by atoms with van der Waals surface area (Å²) in [5.74, 6) is -3.27. The zero-order valence-corrected chi connectivity index (χ0v) is 24.7. The Labute approximate surface area is 273 Å². The van der Waals surface area contributed by atoms with Crippen LogP contribution >= 0.6 is 0 Å². The van der Waals surface area contributed by atoms with Crippen molar-refractivity contribution in [3.05, 3.63) is 108 Å². The molecule has 4 heterocycles. The number of nitrogens with zero attached hydrogens (tertiary/aromatic N) is 4. The Morgan fingerprint density at radius 2 is 0.787 bits per heavy atom. The van der Waals surface area contributed by atoms with Crippen molar-refractivity contribution in [2.75, 3.05) is 0 Å². The largest absolute Gasteiger partial charge is 2.00 e. The van der Waals surface area contributed by atoms with Gasteiger partial charge in [0.1, 0.15) is 0 Å². The molecule has 0 bridgehead atoms. The first-order valence-corrected chi connectivity index (χ1v) is 12.3. The molecule has 0 spiro atoms. The summed E-state index contributed by atoms with van der Waals surface area (Å²) in [7, 11) is 0. The third kappa shape index (κ3) is 9.79. The van der Waals surface area contributed by atoms with Gasteiger partial charge in [-0.3, -0.25) is 0 Å². The third-order valence-electron chi connectivity index (χ3n) is 5.71. The number of hydrogen-bond acceptors (Lipinski definition) is 10. The summed E-state index contributed by atoms with van der Waals surface area (Å²) in [6.07, 6.45) is 13.8. The molecule has 0 unspecified atom stereocenters. The van der Waals surface area contributed by atoms with Crippen molar-refractivity contribution < 1.29 is 67.3 Å². The SMILES string of the molecule is O=C([O-])c1cc(-c2ccc(C(=O)O)c(C(=O)[O-])c2)ccc1C(=O)O.[Co+2].[OH3+].[OH3+].c1c[nH]c(-c2ncc[nH]2)n1.c1c[nH]c(-c2ncc[nH]2)n1. The molecule has 0 saturated heterocycles. The average molecular weight is 693 g/mol. The number of nitrogens with one attached hydrogen (secondary N) is 4. The standard InChI is InChI=1S/C16H10O8.2C6H6N4.Co.2H2O/c17-13(18)9-3-1-7(5-11(9)15(21)22)8-2-4-10(14(19)20)12(6-8)16(23)24;2*1-2-8-5(7-1)6-9-3-4-10-6;;;/h1-6H,(H,17,18)(H,19,20)(H,21,22)(H,23,24);2*1-4H,(H,7,8)(H,9,10);;2*1H2/q;;;+2;;. The Hall–Kier alpha value is -6.41. The van der Waals surface area contributed by atoms with E-state index in [-0.39, 0.29) is 38.9 Å². The van der Waals surface area contributed by atoms with E-state index in [9.17, 15) is 29.4 Å². The minimum Gasteiger partial charge on any atom is -0.545 e. The summed E-state index contributed by atoms with van der Waals surface area (Å²) in [6, 6.07) is 6.62. The van der Waals surface area contributed by atoms with Crippen LogP contribution in [0.2, 0.25) is 0 Å². The Balaban J connectivity index is 0.000000395. The maximum absolute atomic E-state index is 11.1. The fourth-order valence-electron chi connectivity index (χ4n) is 3.74. The summed E-state index contributed by atoms with van der Waals surface area (Å²) in [5.41, 5.74) is -1.78. The van der Waals surface area contributed by atoms with E-state index < -0.39 is 46.1 Å². The number of benzene rings is 2. The van der Waals surface area contributed by atoms with Crippen LogP contribution in [0.4, 0.5) is 0 Å². The Morgan fingerprint density at radius 3 is 0.979 bits per heavy atom. The van der Waals surface area contributed by atoms with Crippen LogP contribution in [-0.2, 0) is 27.7 Å². The van der Waals surface area contributed by atoms with Gasteiger partial charge >= 0.3 is 28.7 Å². The molecule has 0 aliphatic heterocycles. The Morgan fingerprint density at radius 1 is 0.511 bits per heavy atom. The quantitative estimate of drug-likeness (QED) is 0.112. The van der Waals surface area contributed by atoms with Crippen LogP contribution < -0.4 is 10.2 Å². The van der Waals surface area contributed by atoms with Crippen molar-refractivity contribution in [2.24, 2.45) is 0 Å². The molecule has 6 rings (SSSR count). The zero-order valence-electron chi connectivity index (χ0n) is 23.7. The number of rotatable bonds is 7. The number of carboxylic acid groups (broad SMARTS) is 4. The van der Waals surface area contributed by atoms with Crippen molar-refractivity contribution in [3.8, 4) is 34.4 Å². The van der Waals surface area contributed by atoms with Crippen molar-refractivity contribution in [3.63, 3.8) is 0 Å². The van der Waals surface area contributed by atoms with Crippen LogP contribution in [0.15, 0.2) is 86.0 Å². The van der Waals surface area contributed by atoms with E-state index in [4.69, 9.17) is 10.2 Å². The van der Waals surface area contributed by atoms with E-state index in [1.165, 1.54) is 12.1 Å². The van der Waals surface area contributed by atoms with Gasteiger partial charge in [0.2, 0.25) is 0 Å². The predicted octanol–water partition coefficient (Wildman–Crippen LogP) is -0.770. The number of carboxylic acids is 4. The molecule has 0 aliphatic carbocycles. The van der Waals surface area contributed by atoms with Crippen molar-refractivity contribution >= 4 is 23.9 Å². The van der Waals surface area contributed by atoms with Crippen LogP contribution in [-0.4, -0.2) is 74.0 Å². The van der Waals surface area contributed by atoms with E-state index in [1.54, 1.807) is 49.6 Å². The molecule has 0 fully saturated rings. The van der Waals surface area contributed by atoms with Crippen LogP contribution in [0.3, 0.4) is 0 Å². The van der Waals surface area contributed by atoms with Gasteiger partial charge in [-0.25, -0.2) is 29.5 Å². The van der Waals surface area contributed by atoms with Crippen molar-refractivity contribution in [1.29, 1.82) is 0 Å². The number of imidazole rings is 4. The Kier molecular flexibility index (Phi) is 14.6. The first-order valence-electron chi connectivity index (χ1n) is 12.3. The van der Waals surface area contributed by atoms with Crippen molar-refractivity contribution in [2.45, 2.75) is 0 Å². The number of carbonyl (C=O) groups excluding carboxylic acids is 2. The van der Waals surface area contributed by atoms with Gasteiger partial charge < -0.3 is 60.9 Å². The maximum Gasteiger partial charge on any atom is 2.00 e. The molecule has 0 saturated carbocycles. The number of aromatic carboxylic acids is 4. The molecular formula is C28H26CoN8O10+2. The summed E-state index contributed by atoms with van der Waals surface area (Å²) >= 11 is 0. The van der Waals surface area contributed by atoms with E-state index in [2.05, 4.69) is 39.9 Å². The molecule has 18 nitrogen and oxygen atoms in total. The van der Waals surface area contributed by atoms with Gasteiger partial charge in [-0.1, -0.05) is 12.1 Å². The molecule has 47 heavy (non-hydrogen) atoms. The molecule has 0 aliphatic rings. The van der Waals surface area contributed by atoms with Crippen LogP contribution in [0.1, 0.15) is 41.4 Å². The van der Waals surface area contributed by atoms with E-state index >= 15 is 0 Å². The maximum atomic E-state index is 11.1. The minimum absolute atomic E-state index is 0. The van der Waals surface area contributed by atoms with Gasteiger partial charge in [-0.2, -0.15) is 0 Å². The number of carbonyl (C=O) groups is 4. The number of aromatic nitrogens is 8. The molecule has 0 atom stereocenters. The topological polar surface area (TPSA) is 336 Å². The first-order chi connectivity index (χ1) is 21.2. The summed E-state index contributed by atoms with van der Waals surface area (Å²) in [5, 5.41) is 40.0. The van der Waals surface area contributed by atoms with Crippen LogP contribution in [0.25, 0.3) is 34.4 Å². The zero-order chi connectivity index (χ0) is 31.6. The Bertz CT molecular complexity index is 1670. The second kappa shape index (κ2) is 17.8. The smallest absolute Gasteiger partial charge is 0.545 e. The molecule has 12 N–H and O–H groups in total. The van der Waals surface area contributed by atoms with E-state index in [0.29, 0.717) is 0 Å². The molecule has 6 aromatic rings. The average Bonchev–Trinajstić information content (AvgIpc) is 3.84. The normalized spacial score (nSPS) is 9.45. The molecular weight excluding hydrogens is 667 g/mol. The molecule has 4 aromatic heterocycles. The number of aromatic amines is 4. The summed E-state index contributed by atoms with van der Waals surface area (Å²) in [4.78, 5) is 71.9. The van der Waals surface area contributed by atoms with Gasteiger partial charge in [0.05, 0.1) is 23.1 Å². The molecule has 245 valence electrons. The van der Waals surface area contributed by atoms with Gasteiger partial charge in [0, 0.05) is 60.7 Å². The summed E-state index contributed by atoms with van der Waals surface area (Å²) < 4.78 is 0. The van der Waals surface area contributed by atoms with E-state index in [0.717, 1.165) is 47.6 Å². The number of hydrogen-bond donors (Lipinski definition) is 6. The van der Waals surface area contributed by atoms with Gasteiger partial charge in [0.25, 0.3) is 0 Å². The molecule has 2 aromatic carbocycles. The fraction of sp³-hybridized carbons (Fsp3) is 0. The second-order valence-electron chi connectivity index (χ2n) is 8.46.